The Morgan fingerprint density at radius 3 is 2.42 bits per heavy atom. The molecule has 2 aromatic rings. The van der Waals surface area contributed by atoms with Crippen LogP contribution in [0.15, 0.2) is 36.4 Å². The molecule has 0 aromatic heterocycles. The second-order valence-corrected chi connectivity index (χ2v) is 4.64. The van der Waals surface area contributed by atoms with E-state index in [2.05, 4.69) is 0 Å². The molecule has 0 saturated heterocycles. The van der Waals surface area contributed by atoms with Gasteiger partial charge in [0.2, 0.25) is 0 Å². The van der Waals surface area contributed by atoms with Gasteiger partial charge in [0.05, 0.1) is 7.11 Å². The third kappa shape index (κ3) is 2.71. The van der Waals surface area contributed by atoms with Crippen LogP contribution in [0.4, 0.5) is 5.69 Å². The fourth-order valence-corrected chi connectivity index (χ4v) is 2.08. The number of benzene rings is 2. The molecule has 0 aliphatic rings. The standard InChI is InChI=1S/C15H14ClNO2/c1-9(18)10-3-5-12(14(17)7-10)13-6-4-11(16)8-15(13)19-2/h3-8H,17H2,1-2H3. The van der Waals surface area contributed by atoms with Gasteiger partial charge in [-0.3, -0.25) is 4.79 Å². The van der Waals surface area contributed by atoms with Gasteiger partial charge in [-0.1, -0.05) is 23.7 Å². The molecule has 0 atom stereocenters. The van der Waals surface area contributed by atoms with Crippen molar-refractivity contribution in [3.63, 3.8) is 0 Å². The molecule has 0 amide bonds. The van der Waals surface area contributed by atoms with Crippen molar-refractivity contribution in [3.8, 4) is 16.9 Å². The molecule has 4 heteroatoms. The summed E-state index contributed by atoms with van der Waals surface area (Å²) in [5.41, 5.74) is 8.80. The van der Waals surface area contributed by atoms with E-state index in [1.807, 2.05) is 12.1 Å². The number of hydrogen-bond acceptors (Lipinski definition) is 3. The van der Waals surface area contributed by atoms with Crippen LogP contribution in [-0.4, -0.2) is 12.9 Å². The highest BCUT2D eigenvalue weighted by molar-refractivity contribution is 6.30. The van der Waals surface area contributed by atoms with Gasteiger partial charge in [0.25, 0.3) is 0 Å². The first-order chi connectivity index (χ1) is 9.02. The maximum atomic E-state index is 11.3. The van der Waals surface area contributed by atoms with Crippen LogP contribution in [0, 0.1) is 0 Å². The van der Waals surface area contributed by atoms with E-state index >= 15 is 0 Å². The summed E-state index contributed by atoms with van der Waals surface area (Å²) < 4.78 is 5.31. The molecule has 0 radical (unpaired) electrons. The Labute approximate surface area is 117 Å². The molecule has 0 spiro atoms. The predicted molar refractivity (Wildman–Crippen MR) is 77.9 cm³/mol. The van der Waals surface area contributed by atoms with Crippen molar-refractivity contribution in [1.82, 2.24) is 0 Å². The normalized spacial score (nSPS) is 10.3. The van der Waals surface area contributed by atoms with Crippen LogP contribution < -0.4 is 10.5 Å². The molecule has 0 fully saturated rings. The maximum Gasteiger partial charge on any atom is 0.159 e. The zero-order valence-electron chi connectivity index (χ0n) is 10.7. The number of ether oxygens (including phenoxy) is 1. The smallest absolute Gasteiger partial charge is 0.159 e. The first-order valence-electron chi connectivity index (χ1n) is 5.77. The summed E-state index contributed by atoms with van der Waals surface area (Å²) in [6.07, 6.45) is 0. The summed E-state index contributed by atoms with van der Waals surface area (Å²) in [6, 6.07) is 10.6. The minimum Gasteiger partial charge on any atom is -0.496 e. The van der Waals surface area contributed by atoms with E-state index in [1.54, 1.807) is 31.4 Å². The summed E-state index contributed by atoms with van der Waals surface area (Å²) in [4.78, 5) is 11.3. The third-order valence-electron chi connectivity index (χ3n) is 2.91. The molecule has 0 bridgehead atoms. The molecule has 0 heterocycles. The van der Waals surface area contributed by atoms with Gasteiger partial charge in [-0.25, -0.2) is 0 Å². The van der Waals surface area contributed by atoms with Crippen molar-refractivity contribution in [3.05, 3.63) is 47.0 Å². The Hall–Kier alpha value is -2.00. The number of nitrogen functional groups attached to an aromatic ring is 1. The van der Waals surface area contributed by atoms with Crippen LogP contribution in [0.3, 0.4) is 0 Å². The van der Waals surface area contributed by atoms with Gasteiger partial charge < -0.3 is 10.5 Å². The Bertz CT molecular complexity index is 638. The zero-order valence-corrected chi connectivity index (χ0v) is 11.5. The second kappa shape index (κ2) is 5.33. The number of methoxy groups -OCH3 is 1. The van der Waals surface area contributed by atoms with Gasteiger partial charge in [-0.05, 0) is 31.2 Å². The molecule has 2 N–H and O–H groups in total. The quantitative estimate of drug-likeness (QED) is 0.685. The van der Waals surface area contributed by atoms with E-state index in [9.17, 15) is 4.79 Å². The predicted octanol–water partition coefficient (Wildman–Crippen LogP) is 3.80. The topological polar surface area (TPSA) is 52.3 Å². The maximum absolute atomic E-state index is 11.3. The summed E-state index contributed by atoms with van der Waals surface area (Å²) in [6.45, 7) is 1.51. The number of carbonyl (C=O) groups is 1. The molecule has 19 heavy (non-hydrogen) atoms. The SMILES string of the molecule is COc1cc(Cl)ccc1-c1ccc(C(C)=O)cc1N. The van der Waals surface area contributed by atoms with Crippen molar-refractivity contribution < 1.29 is 9.53 Å². The van der Waals surface area contributed by atoms with Crippen molar-refractivity contribution in [2.45, 2.75) is 6.92 Å². The summed E-state index contributed by atoms with van der Waals surface area (Å²) in [7, 11) is 1.58. The lowest BCUT2D eigenvalue weighted by Crippen LogP contribution is -1.97. The molecular formula is C15H14ClNO2. The van der Waals surface area contributed by atoms with Gasteiger partial charge >= 0.3 is 0 Å². The van der Waals surface area contributed by atoms with E-state index in [0.717, 1.165) is 11.1 Å². The number of halogens is 1. The summed E-state index contributed by atoms with van der Waals surface area (Å²) >= 11 is 5.93. The van der Waals surface area contributed by atoms with E-state index < -0.39 is 0 Å². The number of carbonyl (C=O) groups excluding carboxylic acids is 1. The fraction of sp³-hybridized carbons (Fsp3) is 0.133. The average molecular weight is 276 g/mol. The first-order valence-corrected chi connectivity index (χ1v) is 6.15. The van der Waals surface area contributed by atoms with Crippen LogP contribution in [0.2, 0.25) is 5.02 Å². The Morgan fingerprint density at radius 2 is 1.84 bits per heavy atom. The number of hydrogen-bond donors (Lipinski definition) is 1. The van der Waals surface area contributed by atoms with E-state index in [0.29, 0.717) is 22.0 Å². The van der Waals surface area contributed by atoms with Gasteiger partial charge in [-0.15, -0.1) is 0 Å². The lowest BCUT2D eigenvalue weighted by Gasteiger charge is -2.12. The lowest BCUT2D eigenvalue weighted by molar-refractivity contribution is 0.101. The van der Waals surface area contributed by atoms with Gasteiger partial charge in [0.1, 0.15) is 5.75 Å². The molecule has 98 valence electrons. The minimum absolute atomic E-state index is 0.0127. The summed E-state index contributed by atoms with van der Waals surface area (Å²) in [5, 5.41) is 0.597. The zero-order chi connectivity index (χ0) is 14.0. The minimum atomic E-state index is -0.0127. The molecule has 2 rings (SSSR count). The van der Waals surface area contributed by atoms with Crippen molar-refractivity contribution >= 4 is 23.1 Å². The van der Waals surface area contributed by atoms with Crippen molar-refractivity contribution in [2.24, 2.45) is 0 Å². The highest BCUT2D eigenvalue weighted by atomic mass is 35.5. The molecule has 2 aromatic carbocycles. The molecule has 0 aliphatic carbocycles. The van der Waals surface area contributed by atoms with Crippen LogP contribution in [-0.2, 0) is 0 Å². The highest BCUT2D eigenvalue weighted by Crippen LogP contribution is 2.35. The van der Waals surface area contributed by atoms with Crippen LogP contribution >= 0.6 is 11.6 Å². The Morgan fingerprint density at radius 1 is 1.16 bits per heavy atom. The largest absolute Gasteiger partial charge is 0.496 e. The number of Topliss-reactive ketones (excluding diaryl/α,β-unsaturated/α-hetero) is 1. The van der Waals surface area contributed by atoms with Gasteiger partial charge in [-0.2, -0.15) is 0 Å². The monoisotopic (exact) mass is 275 g/mol. The molecule has 0 unspecified atom stereocenters. The van der Waals surface area contributed by atoms with E-state index in [4.69, 9.17) is 22.1 Å². The average Bonchev–Trinajstić information content (AvgIpc) is 2.38. The molecule has 0 saturated carbocycles. The highest BCUT2D eigenvalue weighted by Gasteiger charge is 2.11. The Kier molecular flexibility index (Phi) is 3.76. The fourth-order valence-electron chi connectivity index (χ4n) is 1.91. The molecular weight excluding hydrogens is 262 g/mol. The second-order valence-electron chi connectivity index (χ2n) is 4.20. The molecule has 0 aliphatic heterocycles. The van der Waals surface area contributed by atoms with Crippen LogP contribution in [0.1, 0.15) is 17.3 Å². The number of rotatable bonds is 3. The Balaban J connectivity index is 2.56. The van der Waals surface area contributed by atoms with E-state index in [-0.39, 0.29) is 5.78 Å². The van der Waals surface area contributed by atoms with Crippen molar-refractivity contribution in [2.75, 3.05) is 12.8 Å². The lowest BCUT2D eigenvalue weighted by atomic mass is 10.00. The van der Waals surface area contributed by atoms with E-state index in [1.165, 1.54) is 6.92 Å². The van der Waals surface area contributed by atoms with Gasteiger partial charge in [0, 0.05) is 27.4 Å². The number of ketones is 1. The van der Waals surface area contributed by atoms with Crippen molar-refractivity contribution in [1.29, 1.82) is 0 Å². The number of anilines is 1. The summed E-state index contributed by atoms with van der Waals surface area (Å²) in [5.74, 6) is 0.635. The molecule has 3 nitrogen and oxygen atoms in total. The number of nitrogens with two attached hydrogens (primary N) is 1. The third-order valence-corrected chi connectivity index (χ3v) is 3.15. The van der Waals surface area contributed by atoms with Crippen LogP contribution in [0.25, 0.3) is 11.1 Å². The van der Waals surface area contributed by atoms with Gasteiger partial charge in [0.15, 0.2) is 5.78 Å². The van der Waals surface area contributed by atoms with Crippen LogP contribution in [0.5, 0.6) is 5.75 Å². The first kappa shape index (κ1) is 13.4.